The van der Waals surface area contributed by atoms with E-state index in [0.717, 1.165) is 25.2 Å². The van der Waals surface area contributed by atoms with Crippen LogP contribution in [0, 0.1) is 0 Å². The molecule has 1 rings (SSSR count). The third-order valence-corrected chi connectivity index (χ3v) is 1.11. The van der Waals surface area contributed by atoms with Gasteiger partial charge in [0.15, 0.2) is 0 Å². The molecule has 1 heterocycles. The Bertz CT molecular complexity index is 124. The van der Waals surface area contributed by atoms with E-state index in [-0.39, 0.29) is 0 Å². The molecule has 0 saturated heterocycles. The molecule has 0 saturated carbocycles. The van der Waals surface area contributed by atoms with E-state index in [1.165, 1.54) is 0 Å². The molecule has 0 unspecified atom stereocenters. The van der Waals surface area contributed by atoms with Gasteiger partial charge in [0, 0.05) is 12.8 Å². The van der Waals surface area contributed by atoms with Crippen LogP contribution in [0.1, 0.15) is 19.8 Å². The SMILES string of the molecule is CC1=NCCCC=N1. The third kappa shape index (κ3) is 1.45. The Morgan fingerprint density at radius 2 is 2.50 bits per heavy atom. The summed E-state index contributed by atoms with van der Waals surface area (Å²) in [5.74, 6) is 0.919. The average Bonchev–Trinajstić information content (AvgIpc) is 1.94. The molecule has 44 valence electrons. The summed E-state index contributed by atoms with van der Waals surface area (Å²) in [5, 5.41) is 0. The van der Waals surface area contributed by atoms with Gasteiger partial charge in [0.1, 0.15) is 5.84 Å². The highest BCUT2D eigenvalue weighted by molar-refractivity contribution is 5.87. The summed E-state index contributed by atoms with van der Waals surface area (Å²) < 4.78 is 0. The zero-order chi connectivity index (χ0) is 5.82. The number of hydrogen-bond donors (Lipinski definition) is 0. The summed E-state index contributed by atoms with van der Waals surface area (Å²) in [7, 11) is 0. The first kappa shape index (κ1) is 5.48. The molecule has 1 aliphatic heterocycles. The van der Waals surface area contributed by atoms with Crippen molar-refractivity contribution in [2.45, 2.75) is 19.8 Å². The number of hydrogen-bond acceptors (Lipinski definition) is 2. The largest absolute Gasteiger partial charge is 0.271 e. The van der Waals surface area contributed by atoms with Crippen LogP contribution in [-0.4, -0.2) is 18.6 Å². The first-order chi connectivity index (χ1) is 3.89. The highest BCUT2D eigenvalue weighted by Crippen LogP contribution is 1.93. The van der Waals surface area contributed by atoms with Gasteiger partial charge in [-0.3, -0.25) is 4.99 Å². The summed E-state index contributed by atoms with van der Waals surface area (Å²) in [6.45, 7) is 2.88. The minimum Gasteiger partial charge on any atom is -0.271 e. The Morgan fingerprint density at radius 1 is 1.62 bits per heavy atom. The summed E-state index contributed by atoms with van der Waals surface area (Å²) in [5.41, 5.74) is 0. The molecule has 2 nitrogen and oxygen atoms in total. The van der Waals surface area contributed by atoms with Crippen molar-refractivity contribution in [3.8, 4) is 0 Å². The van der Waals surface area contributed by atoms with E-state index in [4.69, 9.17) is 0 Å². The molecule has 0 radical (unpaired) electrons. The molecule has 0 aromatic rings. The van der Waals surface area contributed by atoms with Crippen LogP contribution in [0.15, 0.2) is 9.98 Å². The molecule has 1 aliphatic rings. The maximum Gasteiger partial charge on any atom is 0.119 e. The topological polar surface area (TPSA) is 24.7 Å². The highest BCUT2D eigenvalue weighted by Gasteiger charge is 1.89. The Labute approximate surface area is 49.3 Å². The van der Waals surface area contributed by atoms with E-state index >= 15 is 0 Å². The van der Waals surface area contributed by atoms with Crippen LogP contribution in [0.5, 0.6) is 0 Å². The van der Waals surface area contributed by atoms with Crippen LogP contribution >= 0.6 is 0 Å². The maximum absolute atomic E-state index is 4.14. The van der Waals surface area contributed by atoms with Gasteiger partial charge in [0.05, 0.1) is 0 Å². The van der Waals surface area contributed by atoms with Crippen molar-refractivity contribution in [3.05, 3.63) is 0 Å². The van der Waals surface area contributed by atoms with Crippen molar-refractivity contribution in [2.24, 2.45) is 9.98 Å². The summed E-state index contributed by atoms with van der Waals surface area (Å²) >= 11 is 0. The number of rotatable bonds is 0. The van der Waals surface area contributed by atoms with Crippen LogP contribution in [0.3, 0.4) is 0 Å². The number of nitrogens with zero attached hydrogens (tertiary/aromatic N) is 2. The molecule has 0 N–H and O–H groups in total. The molecule has 8 heavy (non-hydrogen) atoms. The highest BCUT2D eigenvalue weighted by atomic mass is 14.9. The van der Waals surface area contributed by atoms with Crippen molar-refractivity contribution in [3.63, 3.8) is 0 Å². The Balaban J connectivity index is 2.55. The smallest absolute Gasteiger partial charge is 0.119 e. The zero-order valence-corrected chi connectivity index (χ0v) is 5.09. The van der Waals surface area contributed by atoms with E-state index in [0.29, 0.717) is 0 Å². The Hall–Kier alpha value is -0.660. The fourth-order valence-electron chi connectivity index (χ4n) is 0.661. The minimum absolute atomic E-state index is 0.919. The van der Waals surface area contributed by atoms with Crippen molar-refractivity contribution < 1.29 is 0 Å². The van der Waals surface area contributed by atoms with Crippen molar-refractivity contribution in [2.75, 3.05) is 6.54 Å². The third-order valence-electron chi connectivity index (χ3n) is 1.11. The number of aliphatic imine (C=N–C) groups is 2. The molecule has 0 atom stereocenters. The van der Waals surface area contributed by atoms with Gasteiger partial charge in [-0.25, -0.2) is 4.99 Å². The fraction of sp³-hybridized carbons (Fsp3) is 0.667. The van der Waals surface area contributed by atoms with Gasteiger partial charge in [-0.05, 0) is 19.8 Å². The van der Waals surface area contributed by atoms with E-state index < -0.39 is 0 Å². The summed E-state index contributed by atoms with van der Waals surface area (Å²) in [6.07, 6.45) is 4.17. The molecule has 0 spiro atoms. The van der Waals surface area contributed by atoms with Crippen LogP contribution in [0.25, 0.3) is 0 Å². The average molecular weight is 110 g/mol. The lowest BCUT2D eigenvalue weighted by atomic mass is 10.3. The lowest BCUT2D eigenvalue weighted by Gasteiger charge is -1.83. The summed E-state index contributed by atoms with van der Waals surface area (Å²) in [6, 6.07) is 0. The molecular formula is C6H10N2. The van der Waals surface area contributed by atoms with Crippen LogP contribution in [0.4, 0.5) is 0 Å². The predicted octanol–water partition coefficient (Wildman–Crippen LogP) is 1.27. The lowest BCUT2D eigenvalue weighted by Crippen LogP contribution is -1.83. The summed E-state index contributed by atoms with van der Waals surface area (Å²) in [4.78, 5) is 8.19. The van der Waals surface area contributed by atoms with Crippen molar-refractivity contribution in [1.29, 1.82) is 0 Å². The Kier molecular flexibility index (Phi) is 1.78. The predicted molar refractivity (Wildman–Crippen MR) is 35.7 cm³/mol. The van der Waals surface area contributed by atoms with Gasteiger partial charge in [-0.2, -0.15) is 0 Å². The van der Waals surface area contributed by atoms with Gasteiger partial charge in [-0.1, -0.05) is 0 Å². The zero-order valence-electron chi connectivity index (χ0n) is 5.09. The number of amidine groups is 1. The molecule has 2 heteroatoms. The van der Waals surface area contributed by atoms with Gasteiger partial charge < -0.3 is 0 Å². The second-order valence-corrected chi connectivity index (χ2v) is 1.88. The first-order valence-corrected chi connectivity index (χ1v) is 2.93. The van der Waals surface area contributed by atoms with Gasteiger partial charge >= 0.3 is 0 Å². The van der Waals surface area contributed by atoms with Gasteiger partial charge in [0.25, 0.3) is 0 Å². The van der Waals surface area contributed by atoms with Crippen molar-refractivity contribution >= 4 is 12.1 Å². The fourth-order valence-corrected chi connectivity index (χ4v) is 0.661. The standard InChI is InChI=1S/C6H10N2/c1-6-7-4-2-3-5-8-6/h4H,2-3,5H2,1H3. The van der Waals surface area contributed by atoms with Crippen molar-refractivity contribution in [1.82, 2.24) is 0 Å². The van der Waals surface area contributed by atoms with Crippen LogP contribution in [0.2, 0.25) is 0 Å². The van der Waals surface area contributed by atoms with E-state index in [2.05, 4.69) is 9.98 Å². The molecular weight excluding hydrogens is 100 g/mol. The minimum atomic E-state index is 0.919. The van der Waals surface area contributed by atoms with Crippen LogP contribution < -0.4 is 0 Å². The molecule has 0 amide bonds. The second kappa shape index (κ2) is 2.60. The van der Waals surface area contributed by atoms with Gasteiger partial charge in [-0.15, -0.1) is 0 Å². The lowest BCUT2D eigenvalue weighted by molar-refractivity contribution is 0.895. The molecule has 0 aliphatic carbocycles. The van der Waals surface area contributed by atoms with E-state index in [1.807, 2.05) is 13.1 Å². The first-order valence-electron chi connectivity index (χ1n) is 2.93. The van der Waals surface area contributed by atoms with Crippen LogP contribution in [-0.2, 0) is 0 Å². The monoisotopic (exact) mass is 110 g/mol. The molecule has 0 aromatic heterocycles. The molecule has 0 bridgehead atoms. The Morgan fingerprint density at radius 3 is 3.38 bits per heavy atom. The van der Waals surface area contributed by atoms with E-state index in [9.17, 15) is 0 Å². The van der Waals surface area contributed by atoms with Gasteiger partial charge in [0.2, 0.25) is 0 Å². The molecule has 0 fully saturated rings. The quantitative estimate of drug-likeness (QED) is 0.448. The van der Waals surface area contributed by atoms with E-state index in [1.54, 1.807) is 0 Å². The maximum atomic E-state index is 4.14. The second-order valence-electron chi connectivity index (χ2n) is 1.88. The molecule has 0 aromatic carbocycles. The normalized spacial score (nSPS) is 19.9.